The number of nitrogens with zero attached hydrogens (tertiary/aromatic N) is 3. The van der Waals surface area contributed by atoms with E-state index >= 15 is 0 Å². The van der Waals surface area contributed by atoms with Crippen LogP contribution in [-0.2, 0) is 4.79 Å². The maximum absolute atomic E-state index is 13.4. The summed E-state index contributed by atoms with van der Waals surface area (Å²) in [7, 11) is 0. The van der Waals surface area contributed by atoms with E-state index < -0.39 is 11.7 Å². The first kappa shape index (κ1) is 27.9. The molecule has 1 N–H and O–H groups in total. The number of carbonyl (C=O) groups excluding carboxylic acids is 1. The van der Waals surface area contributed by atoms with E-state index in [1.165, 1.54) is 29.1 Å². The van der Waals surface area contributed by atoms with E-state index in [1.807, 2.05) is 13.0 Å². The number of anilines is 1. The Hall–Kier alpha value is -3.09. The summed E-state index contributed by atoms with van der Waals surface area (Å²) in [6.45, 7) is 3.50. The van der Waals surface area contributed by atoms with Gasteiger partial charge in [-0.3, -0.25) is 9.59 Å². The van der Waals surface area contributed by atoms with Gasteiger partial charge in [0.1, 0.15) is 11.6 Å². The molecule has 0 atom stereocenters. The number of ether oxygens (including phenoxy) is 2. The molecule has 0 aliphatic heterocycles. The van der Waals surface area contributed by atoms with E-state index in [1.54, 1.807) is 31.2 Å². The van der Waals surface area contributed by atoms with Gasteiger partial charge in [0.15, 0.2) is 18.1 Å². The molecule has 1 aromatic heterocycles. The molecule has 0 saturated heterocycles. The number of rotatable bonds is 8. The van der Waals surface area contributed by atoms with Crippen molar-refractivity contribution in [1.82, 2.24) is 9.66 Å². The van der Waals surface area contributed by atoms with Crippen LogP contribution in [0.2, 0.25) is 0 Å². The minimum atomic E-state index is -0.475. The molecule has 0 bridgehead atoms. The van der Waals surface area contributed by atoms with Gasteiger partial charge in [-0.15, -0.1) is 0 Å². The molecule has 38 heavy (non-hydrogen) atoms. The maximum Gasteiger partial charge on any atom is 0.282 e. The Morgan fingerprint density at radius 3 is 2.66 bits per heavy atom. The molecule has 196 valence electrons. The molecular formula is C26H20Br3FN4O4. The van der Waals surface area contributed by atoms with Crippen LogP contribution in [0.25, 0.3) is 10.9 Å². The van der Waals surface area contributed by atoms with E-state index in [4.69, 9.17) is 9.47 Å². The zero-order valence-corrected chi connectivity index (χ0v) is 24.9. The molecule has 0 saturated carbocycles. The highest BCUT2D eigenvalue weighted by molar-refractivity contribution is 9.13. The number of aryl methyl sites for hydroxylation is 1. The highest BCUT2D eigenvalue weighted by Crippen LogP contribution is 2.42. The average molecular weight is 711 g/mol. The van der Waals surface area contributed by atoms with Crippen LogP contribution in [0.15, 0.2) is 71.8 Å². The first-order valence-corrected chi connectivity index (χ1v) is 13.6. The quantitative estimate of drug-likeness (QED) is 0.213. The summed E-state index contributed by atoms with van der Waals surface area (Å²) >= 11 is 10.4. The van der Waals surface area contributed by atoms with Crippen LogP contribution in [0.4, 0.5) is 10.1 Å². The van der Waals surface area contributed by atoms with Crippen LogP contribution in [0.5, 0.6) is 11.5 Å². The fourth-order valence-corrected chi connectivity index (χ4v) is 4.81. The Bertz CT molecular complexity index is 1620. The molecule has 1 amide bonds. The van der Waals surface area contributed by atoms with Gasteiger partial charge in [-0.1, -0.05) is 22.0 Å². The van der Waals surface area contributed by atoms with E-state index in [9.17, 15) is 14.0 Å². The van der Waals surface area contributed by atoms with Crippen molar-refractivity contribution in [1.29, 1.82) is 0 Å². The lowest BCUT2D eigenvalue weighted by Gasteiger charge is -2.16. The van der Waals surface area contributed by atoms with Gasteiger partial charge >= 0.3 is 0 Å². The third kappa shape index (κ3) is 6.30. The van der Waals surface area contributed by atoms with E-state index in [0.29, 0.717) is 49.3 Å². The topological polar surface area (TPSA) is 94.8 Å². The molecule has 0 radical (unpaired) electrons. The Balaban J connectivity index is 1.62. The number of fused-ring (bicyclic) bond motifs is 1. The van der Waals surface area contributed by atoms with Crippen molar-refractivity contribution in [2.45, 2.75) is 13.8 Å². The summed E-state index contributed by atoms with van der Waals surface area (Å²) in [6.07, 6.45) is 1.50. The molecule has 0 aliphatic carbocycles. The van der Waals surface area contributed by atoms with E-state index in [2.05, 4.69) is 63.2 Å². The number of benzene rings is 3. The zero-order chi connectivity index (χ0) is 27.4. The second kappa shape index (κ2) is 12.2. The van der Waals surface area contributed by atoms with E-state index in [0.717, 1.165) is 4.47 Å². The molecule has 8 nitrogen and oxygen atoms in total. The second-order valence-electron chi connectivity index (χ2n) is 7.88. The van der Waals surface area contributed by atoms with Crippen molar-refractivity contribution in [3.63, 3.8) is 0 Å². The number of aromatic nitrogens is 2. The summed E-state index contributed by atoms with van der Waals surface area (Å²) in [5.74, 6) is 0.127. The van der Waals surface area contributed by atoms with Gasteiger partial charge in [-0.05, 0) is 88.2 Å². The van der Waals surface area contributed by atoms with Crippen molar-refractivity contribution in [2.75, 3.05) is 18.5 Å². The number of halogens is 4. The van der Waals surface area contributed by atoms with Crippen molar-refractivity contribution >= 4 is 76.5 Å². The highest BCUT2D eigenvalue weighted by atomic mass is 79.9. The summed E-state index contributed by atoms with van der Waals surface area (Å²) < 4.78 is 27.9. The van der Waals surface area contributed by atoms with Gasteiger partial charge in [0.05, 0.1) is 28.2 Å². The third-order valence-corrected chi connectivity index (χ3v) is 7.83. The van der Waals surface area contributed by atoms with Crippen molar-refractivity contribution < 1.29 is 18.7 Å². The monoisotopic (exact) mass is 708 g/mol. The molecule has 0 fully saturated rings. The Kier molecular flexibility index (Phi) is 8.95. The van der Waals surface area contributed by atoms with Crippen LogP contribution in [0.3, 0.4) is 0 Å². The van der Waals surface area contributed by atoms with Crippen LogP contribution in [0.1, 0.15) is 18.3 Å². The second-order valence-corrected chi connectivity index (χ2v) is 10.4. The smallest absolute Gasteiger partial charge is 0.282 e. The van der Waals surface area contributed by atoms with Crippen molar-refractivity contribution in [3.05, 3.63) is 89.5 Å². The van der Waals surface area contributed by atoms with Crippen LogP contribution in [-0.4, -0.2) is 35.0 Å². The predicted octanol–water partition coefficient (Wildman–Crippen LogP) is 6.43. The van der Waals surface area contributed by atoms with Gasteiger partial charge in [-0.25, -0.2) is 9.37 Å². The standard InChI is InChI=1S/C26H20Br3FN4O4/c1-3-37-21-9-15(12-31-34-14(2)32-20-8-7-16(27)10-19(20)26(34)36)23(28)24(29)25(21)38-13-22(35)33-18-6-4-5-17(30)11-18/h4-12H,3,13H2,1-2H3,(H,33,35). The van der Waals surface area contributed by atoms with Crippen LogP contribution >= 0.6 is 47.8 Å². The third-order valence-electron chi connectivity index (χ3n) is 5.19. The lowest BCUT2D eigenvalue weighted by molar-refractivity contribution is -0.118. The number of hydrogen-bond acceptors (Lipinski definition) is 6. The average Bonchev–Trinajstić information content (AvgIpc) is 2.87. The van der Waals surface area contributed by atoms with Gasteiger partial charge in [0.25, 0.3) is 11.5 Å². The Morgan fingerprint density at radius 2 is 1.92 bits per heavy atom. The number of amides is 1. The highest BCUT2D eigenvalue weighted by Gasteiger charge is 2.19. The largest absolute Gasteiger partial charge is 0.490 e. The summed E-state index contributed by atoms with van der Waals surface area (Å²) in [5.41, 5.74) is 1.16. The Morgan fingerprint density at radius 1 is 1.13 bits per heavy atom. The fraction of sp³-hybridized carbons (Fsp3) is 0.154. The number of carbonyl (C=O) groups is 1. The summed E-state index contributed by atoms with van der Waals surface area (Å²) in [4.78, 5) is 29.9. The molecule has 12 heteroatoms. The number of nitrogens with one attached hydrogen (secondary N) is 1. The molecule has 1 heterocycles. The summed E-state index contributed by atoms with van der Waals surface area (Å²) in [6, 6.07) is 12.5. The molecule has 0 spiro atoms. The zero-order valence-electron chi connectivity index (χ0n) is 20.1. The molecule has 0 unspecified atom stereocenters. The van der Waals surface area contributed by atoms with Crippen molar-refractivity contribution in [2.24, 2.45) is 5.10 Å². The lowest BCUT2D eigenvalue weighted by Crippen LogP contribution is -2.21. The molecular weight excluding hydrogens is 691 g/mol. The van der Waals surface area contributed by atoms with Gasteiger partial charge in [0.2, 0.25) is 0 Å². The normalized spacial score (nSPS) is 11.2. The van der Waals surface area contributed by atoms with Crippen LogP contribution < -0.4 is 20.3 Å². The predicted molar refractivity (Wildman–Crippen MR) is 155 cm³/mol. The van der Waals surface area contributed by atoms with Crippen LogP contribution in [0, 0.1) is 12.7 Å². The molecule has 0 aliphatic rings. The first-order chi connectivity index (χ1) is 18.2. The minimum Gasteiger partial charge on any atom is -0.490 e. The minimum absolute atomic E-state index is 0.288. The number of hydrogen-bond donors (Lipinski definition) is 1. The molecule has 3 aromatic carbocycles. The SMILES string of the molecule is CCOc1cc(C=Nn2c(C)nc3ccc(Br)cc3c2=O)c(Br)c(Br)c1OCC(=O)Nc1cccc(F)c1. The molecule has 4 aromatic rings. The molecule has 4 rings (SSSR count). The van der Waals surface area contributed by atoms with E-state index in [-0.39, 0.29) is 17.9 Å². The van der Waals surface area contributed by atoms with Crippen molar-refractivity contribution in [3.8, 4) is 11.5 Å². The lowest BCUT2D eigenvalue weighted by atomic mass is 10.2. The summed E-state index contributed by atoms with van der Waals surface area (Å²) in [5, 5.41) is 7.38. The maximum atomic E-state index is 13.4. The fourth-order valence-electron chi connectivity index (χ4n) is 3.51. The van der Waals surface area contributed by atoms with Gasteiger partial charge in [0, 0.05) is 20.2 Å². The first-order valence-electron chi connectivity index (χ1n) is 11.2. The van der Waals surface area contributed by atoms with Gasteiger partial charge in [-0.2, -0.15) is 9.78 Å². The Labute approximate surface area is 242 Å². The van der Waals surface area contributed by atoms with Gasteiger partial charge < -0.3 is 14.8 Å².